The highest BCUT2D eigenvalue weighted by molar-refractivity contribution is 7.62. The van der Waals surface area contributed by atoms with Gasteiger partial charge in [0, 0.05) is 16.6 Å². The van der Waals surface area contributed by atoms with Gasteiger partial charge in [0.2, 0.25) is 0 Å². The fraction of sp³-hybridized carbons (Fsp3) is 0.571. The molecule has 122 valence electrons. The van der Waals surface area contributed by atoms with Crippen LogP contribution in [0.4, 0.5) is 0 Å². The van der Waals surface area contributed by atoms with Crippen molar-refractivity contribution in [3.8, 4) is 0 Å². The minimum Gasteiger partial charge on any atom is -0.301 e. The van der Waals surface area contributed by atoms with Crippen LogP contribution in [0.1, 0.15) is 39.0 Å². The van der Waals surface area contributed by atoms with Crippen LogP contribution < -0.4 is 11.0 Å². The molecule has 2 rings (SSSR count). The largest absolute Gasteiger partial charge is 0.379 e. The van der Waals surface area contributed by atoms with Crippen molar-refractivity contribution < 1.29 is 13.6 Å². The van der Waals surface area contributed by atoms with Gasteiger partial charge >= 0.3 is 7.60 Å². The van der Waals surface area contributed by atoms with Crippen LogP contribution in [0.3, 0.4) is 0 Å². The van der Waals surface area contributed by atoms with Crippen molar-refractivity contribution in [2.75, 3.05) is 0 Å². The van der Waals surface area contributed by atoms with Crippen LogP contribution in [0.2, 0.25) is 0 Å². The Balaban J connectivity index is 2.73. The van der Waals surface area contributed by atoms with Crippen molar-refractivity contribution in [2.45, 2.75) is 53.8 Å². The Labute approximate surface area is 133 Å². The summed E-state index contributed by atoms with van der Waals surface area (Å²) in [4.78, 5) is 17.4. The minimum absolute atomic E-state index is 0.237. The summed E-state index contributed by atoms with van der Waals surface area (Å²) in [6.45, 7) is 10.6. The van der Waals surface area contributed by atoms with E-state index in [1.54, 1.807) is 46.9 Å². The second-order valence-electron chi connectivity index (χ2n) is 5.65. The van der Waals surface area contributed by atoms with Crippen LogP contribution in [-0.2, 0) is 13.6 Å². The number of aromatic nitrogens is 2. The quantitative estimate of drug-likeness (QED) is 0.780. The maximum absolute atomic E-state index is 13.2. The molecule has 0 saturated heterocycles. The minimum atomic E-state index is -3.61. The third-order valence-corrected chi connectivity index (χ3v) is 6.29. The molecular formula is C14H21N2O4PS. The van der Waals surface area contributed by atoms with E-state index in [-0.39, 0.29) is 23.2 Å². The zero-order chi connectivity index (χ0) is 16.7. The highest BCUT2D eigenvalue weighted by Gasteiger charge is 2.34. The number of hydrogen-bond donors (Lipinski definition) is 0. The Bertz CT molecular complexity index is 780. The monoisotopic (exact) mass is 344 g/mol. The van der Waals surface area contributed by atoms with Crippen LogP contribution >= 0.6 is 18.9 Å². The number of fused-ring (bicyclic) bond motifs is 1. The average molecular weight is 344 g/mol. The molecule has 8 heteroatoms. The Morgan fingerprint density at radius 2 is 1.73 bits per heavy atom. The van der Waals surface area contributed by atoms with Gasteiger partial charge in [-0.15, -0.1) is 11.3 Å². The lowest BCUT2D eigenvalue weighted by Crippen LogP contribution is -2.29. The lowest BCUT2D eigenvalue weighted by atomic mass is 10.3. The van der Waals surface area contributed by atoms with Gasteiger partial charge in [-0.1, -0.05) is 0 Å². The van der Waals surface area contributed by atoms with E-state index < -0.39 is 7.60 Å². The zero-order valence-electron chi connectivity index (χ0n) is 13.6. The van der Waals surface area contributed by atoms with Crippen molar-refractivity contribution in [1.82, 2.24) is 9.38 Å². The highest BCUT2D eigenvalue weighted by Crippen LogP contribution is 2.49. The lowest BCUT2D eigenvalue weighted by molar-refractivity contribution is 0.149. The highest BCUT2D eigenvalue weighted by atomic mass is 32.1. The number of hydrogen-bond acceptors (Lipinski definition) is 6. The van der Waals surface area contributed by atoms with Crippen molar-refractivity contribution in [3.05, 3.63) is 27.0 Å². The van der Waals surface area contributed by atoms with Crippen LogP contribution in [0.15, 0.2) is 10.2 Å². The SMILES string of the molecule is Cc1nc2scc(P(=O)(OC(C)C)OC(C)C)n2c(=O)c1C. The molecule has 0 bridgehead atoms. The van der Waals surface area contributed by atoms with Crippen LogP contribution in [-0.4, -0.2) is 21.6 Å². The smallest absolute Gasteiger partial charge is 0.301 e. The molecule has 0 N–H and O–H groups in total. The predicted octanol–water partition coefficient (Wildman–Crippen LogP) is 3.04. The Hall–Kier alpha value is -1.01. The van der Waals surface area contributed by atoms with Gasteiger partial charge in [-0.2, -0.15) is 0 Å². The standard InChI is InChI=1S/C14H21N2O4PS/c1-8(2)19-21(18,20-9(3)4)12-7-22-14-15-11(6)10(5)13(17)16(12)14/h7-9H,1-6H3. The van der Waals surface area contributed by atoms with E-state index in [1.165, 1.54) is 15.7 Å². The van der Waals surface area contributed by atoms with Crippen molar-refractivity contribution in [1.29, 1.82) is 0 Å². The molecule has 0 spiro atoms. The normalized spacial score (nSPS) is 12.7. The molecule has 2 aromatic rings. The summed E-state index contributed by atoms with van der Waals surface area (Å²) in [6.07, 6.45) is -0.593. The van der Waals surface area contributed by atoms with E-state index >= 15 is 0 Å². The van der Waals surface area contributed by atoms with Gasteiger partial charge in [-0.25, -0.2) is 9.38 Å². The zero-order valence-corrected chi connectivity index (χ0v) is 15.3. The first-order chi connectivity index (χ1) is 10.2. The number of aryl methyl sites for hydroxylation is 1. The van der Waals surface area contributed by atoms with Gasteiger partial charge in [0.1, 0.15) is 0 Å². The fourth-order valence-electron chi connectivity index (χ4n) is 2.00. The molecule has 0 unspecified atom stereocenters. The van der Waals surface area contributed by atoms with E-state index in [2.05, 4.69) is 4.98 Å². The molecule has 0 aromatic carbocycles. The Kier molecular flexibility index (Phi) is 4.92. The molecule has 0 saturated carbocycles. The molecule has 0 radical (unpaired) electrons. The molecule has 0 aliphatic carbocycles. The first-order valence-corrected chi connectivity index (χ1v) is 9.53. The van der Waals surface area contributed by atoms with Crippen LogP contribution in [0.25, 0.3) is 4.96 Å². The topological polar surface area (TPSA) is 69.9 Å². The maximum atomic E-state index is 13.2. The molecule has 0 aliphatic rings. The molecule has 6 nitrogen and oxygen atoms in total. The molecule has 0 fully saturated rings. The molecule has 2 heterocycles. The van der Waals surface area contributed by atoms with Crippen molar-refractivity contribution in [3.63, 3.8) is 0 Å². The summed E-state index contributed by atoms with van der Waals surface area (Å²) in [5.41, 5.74) is 1.20. The molecule has 0 amide bonds. The summed E-state index contributed by atoms with van der Waals surface area (Å²) in [7, 11) is -3.61. The summed E-state index contributed by atoms with van der Waals surface area (Å²) >= 11 is 1.25. The number of nitrogens with zero attached hydrogens (tertiary/aromatic N) is 2. The number of rotatable bonds is 5. The van der Waals surface area contributed by atoms with Crippen molar-refractivity contribution in [2.24, 2.45) is 0 Å². The second-order valence-corrected chi connectivity index (χ2v) is 8.36. The summed E-state index contributed by atoms with van der Waals surface area (Å²) < 4.78 is 25.7. The third kappa shape index (κ3) is 3.18. The number of thiazole rings is 1. The lowest BCUT2D eigenvalue weighted by Gasteiger charge is -2.22. The Morgan fingerprint density at radius 1 is 1.18 bits per heavy atom. The van der Waals surface area contributed by atoms with Gasteiger partial charge in [0.05, 0.1) is 12.2 Å². The van der Waals surface area contributed by atoms with Gasteiger partial charge in [0.15, 0.2) is 10.4 Å². The van der Waals surface area contributed by atoms with E-state index in [0.717, 1.165) is 0 Å². The predicted molar refractivity (Wildman–Crippen MR) is 88.5 cm³/mol. The van der Waals surface area contributed by atoms with Gasteiger partial charge in [-0.3, -0.25) is 9.36 Å². The molecule has 0 aliphatic heterocycles. The van der Waals surface area contributed by atoms with Crippen LogP contribution in [0.5, 0.6) is 0 Å². The molecule has 22 heavy (non-hydrogen) atoms. The first kappa shape index (κ1) is 17.3. The van der Waals surface area contributed by atoms with Crippen molar-refractivity contribution >= 4 is 29.3 Å². The van der Waals surface area contributed by atoms with Gasteiger partial charge in [0.25, 0.3) is 5.56 Å². The van der Waals surface area contributed by atoms with E-state index in [4.69, 9.17) is 9.05 Å². The molecule has 0 atom stereocenters. The maximum Gasteiger partial charge on any atom is 0.379 e. The van der Waals surface area contributed by atoms with Gasteiger partial charge in [-0.05, 0) is 41.5 Å². The van der Waals surface area contributed by atoms with E-state index in [9.17, 15) is 9.36 Å². The first-order valence-electron chi connectivity index (χ1n) is 7.10. The van der Waals surface area contributed by atoms with E-state index in [0.29, 0.717) is 16.2 Å². The summed E-state index contributed by atoms with van der Waals surface area (Å²) in [5.74, 6) is 0. The summed E-state index contributed by atoms with van der Waals surface area (Å²) in [6, 6.07) is 0. The van der Waals surface area contributed by atoms with Gasteiger partial charge < -0.3 is 9.05 Å². The van der Waals surface area contributed by atoms with Crippen LogP contribution in [0, 0.1) is 13.8 Å². The Morgan fingerprint density at radius 3 is 2.23 bits per heavy atom. The fourth-order valence-corrected chi connectivity index (χ4v) is 5.34. The second kappa shape index (κ2) is 6.24. The summed E-state index contributed by atoms with van der Waals surface area (Å²) in [5, 5.41) is 1.63. The molecular weight excluding hydrogens is 323 g/mol. The molecule has 2 aromatic heterocycles. The average Bonchev–Trinajstić information content (AvgIpc) is 2.78. The third-order valence-electron chi connectivity index (χ3n) is 3.00. The van der Waals surface area contributed by atoms with E-state index in [1.807, 2.05) is 0 Å².